The molecule has 0 unspecified atom stereocenters. The average Bonchev–Trinajstić information content (AvgIpc) is 2.49. The predicted octanol–water partition coefficient (Wildman–Crippen LogP) is 2.88. The van der Waals surface area contributed by atoms with E-state index < -0.39 is 6.03 Å². The van der Waals surface area contributed by atoms with Crippen LogP contribution in [0.25, 0.3) is 0 Å². The van der Waals surface area contributed by atoms with Crippen LogP contribution >= 0.6 is 11.6 Å². The van der Waals surface area contributed by atoms with Gasteiger partial charge in [0.1, 0.15) is 5.82 Å². The number of amides is 2. The van der Waals surface area contributed by atoms with E-state index in [0.29, 0.717) is 35.2 Å². The van der Waals surface area contributed by atoms with Crippen LogP contribution < -0.4 is 16.0 Å². The molecule has 0 aliphatic carbocycles. The molecule has 0 aliphatic rings. The number of nitrogens with zero attached hydrogens (tertiary/aromatic N) is 2. The zero-order chi connectivity index (χ0) is 16.7. The van der Waals surface area contributed by atoms with Gasteiger partial charge in [-0.2, -0.15) is 4.98 Å². The van der Waals surface area contributed by atoms with Gasteiger partial charge in [0.05, 0.1) is 0 Å². The van der Waals surface area contributed by atoms with E-state index in [4.69, 9.17) is 16.7 Å². The molecular formula is C15H18ClN5O2. The molecule has 2 rings (SSSR count). The van der Waals surface area contributed by atoms with Crippen LogP contribution in [0.15, 0.2) is 30.3 Å². The van der Waals surface area contributed by atoms with Crippen molar-refractivity contribution in [1.82, 2.24) is 9.97 Å². The number of hydrogen-bond donors (Lipinski definition) is 4. The number of aromatic nitrogens is 2. The van der Waals surface area contributed by atoms with Crippen molar-refractivity contribution < 1.29 is 9.90 Å². The maximum absolute atomic E-state index is 12.0. The zero-order valence-corrected chi connectivity index (χ0v) is 13.4. The number of hydrogen-bond acceptors (Lipinski definition) is 5. The van der Waals surface area contributed by atoms with Crippen LogP contribution in [0.5, 0.6) is 0 Å². The highest BCUT2D eigenvalue weighted by Crippen LogP contribution is 2.14. The molecule has 2 amide bonds. The van der Waals surface area contributed by atoms with Gasteiger partial charge < -0.3 is 15.7 Å². The minimum atomic E-state index is -0.445. The number of anilines is 3. The second-order valence-electron chi connectivity index (χ2n) is 4.81. The van der Waals surface area contributed by atoms with E-state index in [1.54, 1.807) is 37.3 Å². The molecule has 0 fully saturated rings. The lowest BCUT2D eigenvalue weighted by atomic mass is 10.3. The first kappa shape index (κ1) is 17.0. The SMILES string of the molecule is Cc1cc(NCCCO)nc(NC(=O)Nc2ccc(Cl)cc2)n1. The number of rotatable bonds is 6. The number of carbonyl (C=O) groups is 1. The topological polar surface area (TPSA) is 99.2 Å². The first-order valence-electron chi connectivity index (χ1n) is 7.11. The van der Waals surface area contributed by atoms with Crippen molar-refractivity contribution in [2.45, 2.75) is 13.3 Å². The Morgan fingerprint density at radius 3 is 2.65 bits per heavy atom. The summed E-state index contributed by atoms with van der Waals surface area (Å²) in [6.07, 6.45) is 0.614. The Morgan fingerprint density at radius 2 is 1.96 bits per heavy atom. The second-order valence-corrected chi connectivity index (χ2v) is 5.24. The number of benzene rings is 1. The maximum Gasteiger partial charge on any atom is 0.326 e. The van der Waals surface area contributed by atoms with Crippen molar-refractivity contribution in [1.29, 1.82) is 0 Å². The Balaban J connectivity index is 1.98. The highest BCUT2D eigenvalue weighted by molar-refractivity contribution is 6.30. The third-order valence-corrected chi connectivity index (χ3v) is 3.07. The summed E-state index contributed by atoms with van der Waals surface area (Å²) in [6, 6.07) is 8.08. The number of aryl methyl sites for hydroxylation is 1. The van der Waals surface area contributed by atoms with Crippen LogP contribution in [0.2, 0.25) is 5.02 Å². The van der Waals surface area contributed by atoms with Crippen molar-refractivity contribution in [3.05, 3.63) is 41.0 Å². The summed E-state index contributed by atoms with van der Waals surface area (Å²) in [5.74, 6) is 0.788. The Labute approximate surface area is 139 Å². The van der Waals surface area contributed by atoms with Crippen molar-refractivity contribution in [2.24, 2.45) is 0 Å². The van der Waals surface area contributed by atoms with Crippen LogP contribution in [-0.4, -0.2) is 34.3 Å². The second kappa shape index (κ2) is 8.30. The molecule has 0 atom stereocenters. The molecule has 7 nitrogen and oxygen atoms in total. The van der Waals surface area contributed by atoms with E-state index in [0.717, 1.165) is 0 Å². The number of carbonyl (C=O) groups excluding carboxylic acids is 1. The highest BCUT2D eigenvalue weighted by Gasteiger charge is 2.07. The molecule has 8 heteroatoms. The molecule has 1 aromatic carbocycles. The molecule has 0 radical (unpaired) electrons. The predicted molar refractivity (Wildman–Crippen MR) is 91.1 cm³/mol. The Hall–Kier alpha value is -2.38. The van der Waals surface area contributed by atoms with Crippen LogP contribution in [-0.2, 0) is 0 Å². The van der Waals surface area contributed by atoms with Crippen LogP contribution in [0, 0.1) is 6.92 Å². The molecule has 1 heterocycles. The van der Waals surface area contributed by atoms with E-state index in [9.17, 15) is 4.79 Å². The van der Waals surface area contributed by atoms with Crippen molar-refractivity contribution in [3.63, 3.8) is 0 Å². The summed E-state index contributed by atoms with van der Waals surface area (Å²) in [5.41, 5.74) is 1.33. The molecule has 0 saturated carbocycles. The van der Waals surface area contributed by atoms with Gasteiger partial charge >= 0.3 is 6.03 Å². The van der Waals surface area contributed by atoms with Gasteiger partial charge in [0.2, 0.25) is 5.95 Å². The minimum Gasteiger partial charge on any atom is -0.396 e. The van der Waals surface area contributed by atoms with Crippen LogP contribution in [0.3, 0.4) is 0 Å². The Kier molecular flexibility index (Phi) is 6.13. The molecule has 0 saturated heterocycles. The summed E-state index contributed by atoms with van der Waals surface area (Å²) >= 11 is 5.79. The quantitative estimate of drug-likeness (QED) is 0.608. The fourth-order valence-corrected chi connectivity index (χ4v) is 1.93. The molecular weight excluding hydrogens is 318 g/mol. The first-order valence-corrected chi connectivity index (χ1v) is 7.48. The van der Waals surface area contributed by atoms with Gasteiger partial charge in [0.25, 0.3) is 0 Å². The molecule has 1 aromatic heterocycles. The third-order valence-electron chi connectivity index (χ3n) is 2.82. The standard InChI is InChI=1S/C15H18ClN5O2/c1-10-9-13(17-7-2-8-22)20-14(18-10)21-15(23)19-12-5-3-11(16)4-6-12/h3-6,9,22H,2,7-8H2,1H3,(H3,17,18,19,20,21,23). The molecule has 122 valence electrons. The van der Waals surface area contributed by atoms with E-state index in [-0.39, 0.29) is 12.6 Å². The van der Waals surface area contributed by atoms with Crippen molar-refractivity contribution >= 4 is 35.1 Å². The molecule has 0 spiro atoms. The fourth-order valence-electron chi connectivity index (χ4n) is 1.81. The van der Waals surface area contributed by atoms with Gasteiger partial charge in [-0.3, -0.25) is 5.32 Å². The highest BCUT2D eigenvalue weighted by atomic mass is 35.5. The van der Waals surface area contributed by atoms with Gasteiger partial charge in [-0.25, -0.2) is 9.78 Å². The number of urea groups is 1. The molecule has 2 aromatic rings. The molecule has 23 heavy (non-hydrogen) atoms. The first-order chi connectivity index (χ1) is 11.1. The summed E-state index contributed by atoms with van der Waals surface area (Å²) in [4.78, 5) is 20.3. The number of aliphatic hydroxyl groups excluding tert-OH is 1. The number of halogens is 1. The third kappa shape index (κ3) is 5.72. The monoisotopic (exact) mass is 335 g/mol. The summed E-state index contributed by atoms with van der Waals surface area (Å²) in [6.45, 7) is 2.50. The summed E-state index contributed by atoms with van der Waals surface area (Å²) in [5, 5.41) is 17.7. The zero-order valence-electron chi connectivity index (χ0n) is 12.6. The smallest absolute Gasteiger partial charge is 0.326 e. The lowest BCUT2D eigenvalue weighted by molar-refractivity contribution is 0.262. The lowest BCUT2D eigenvalue weighted by Crippen LogP contribution is -2.21. The maximum atomic E-state index is 12.0. The van der Waals surface area contributed by atoms with E-state index in [1.807, 2.05) is 0 Å². The fraction of sp³-hybridized carbons (Fsp3) is 0.267. The Bertz CT molecular complexity index is 663. The normalized spacial score (nSPS) is 10.2. The van der Waals surface area contributed by atoms with E-state index in [1.165, 1.54) is 0 Å². The number of aliphatic hydroxyl groups is 1. The van der Waals surface area contributed by atoms with Crippen molar-refractivity contribution in [2.75, 3.05) is 29.1 Å². The van der Waals surface area contributed by atoms with Gasteiger partial charge in [-0.05, 0) is 37.6 Å². The number of nitrogens with one attached hydrogen (secondary N) is 3. The van der Waals surface area contributed by atoms with E-state index >= 15 is 0 Å². The largest absolute Gasteiger partial charge is 0.396 e. The van der Waals surface area contributed by atoms with E-state index in [2.05, 4.69) is 25.9 Å². The van der Waals surface area contributed by atoms with Crippen LogP contribution in [0.1, 0.15) is 12.1 Å². The summed E-state index contributed by atoms with van der Waals surface area (Å²) in [7, 11) is 0. The van der Waals surface area contributed by atoms with Gasteiger partial charge in [0, 0.05) is 35.6 Å². The Morgan fingerprint density at radius 1 is 1.22 bits per heavy atom. The minimum absolute atomic E-state index is 0.103. The molecule has 0 bridgehead atoms. The molecule has 0 aliphatic heterocycles. The van der Waals surface area contributed by atoms with Gasteiger partial charge in [-0.1, -0.05) is 11.6 Å². The van der Waals surface area contributed by atoms with Crippen molar-refractivity contribution in [3.8, 4) is 0 Å². The lowest BCUT2D eigenvalue weighted by Gasteiger charge is -2.10. The molecule has 4 N–H and O–H groups in total. The summed E-state index contributed by atoms with van der Waals surface area (Å²) < 4.78 is 0. The van der Waals surface area contributed by atoms with Crippen LogP contribution in [0.4, 0.5) is 22.2 Å². The van der Waals surface area contributed by atoms with Gasteiger partial charge in [-0.15, -0.1) is 0 Å². The van der Waals surface area contributed by atoms with Gasteiger partial charge in [0.15, 0.2) is 0 Å². The average molecular weight is 336 g/mol.